The maximum atomic E-state index is 13.3. The molecule has 0 aromatic heterocycles. The summed E-state index contributed by atoms with van der Waals surface area (Å²) in [4.78, 5) is 11.9. The Morgan fingerprint density at radius 1 is 1.29 bits per heavy atom. The van der Waals surface area contributed by atoms with E-state index < -0.39 is 11.8 Å². The van der Waals surface area contributed by atoms with Gasteiger partial charge in [0.2, 0.25) is 0 Å². The van der Waals surface area contributed by atoms with Crippen LogP contribution in [0.1, 0.15) is 21.5 Å². The van der Waals surface area contributed by atoms with E-state index in [0.29, 0.717) is 21.3 Å². The number of halogens is 2. The lowest BCUT2D eigenvalue weighted by Gasteiger charge is -2.07. The van der Waals surface area contributed by atoms with Gasteiger partial charge in [-0.1, -0.05) is 15.9 Å². The van der Waals surface area contributed by atoms with E-state index in [1.165, 1.54) is 18.2 Å². The molecule has 2 aromatic rings. The van der Waals surface area contributed by atoms with Crippen LogP contribution in [0.2, 0.25) is 0 Å². The molecular formula is C15H10BrFN2O2. The number of nitrogens with zero attached hydrogens (tertiary/aromatic N) is 1. The molecule has 0 fully saturated rings. The van der Waals surface area contributed by atoms with Crippen molar-refractivity contribution >= 4 is 27.6 Å². The van der Waals surface area contributed by atoms with Gasteiger partial charge >= 0.3 is 5.97 Å². The number of hydrogen-bond acceptors (Lipinski definition) is 4. The minimum Gasteiger partial charge on any atom is -0.457 e. The van der Waals surface area contributed by atoms with Crippen LogP contribution in [0.25, 0.3) is 0 Å². The molecule has 106 valence electrons. The minimum atomic E-state index is -0.578. The van der Waals surface area contributed by atoms with E-state index >= 15 is 0 Å². The molecule has 0 bridgehead atoms. The monoisotopic (exact) mass is 348 g/mol. The van der Waals surface area contributed by atoms with Crippen LogP contribution in [0.3, 0.4) is 0 Å². The van der Waals surface area contributed by atoms with Crippen LogP contribution in [-0.2, 0) is 11.3 Å². The number of carbonyl (C=O) groups excluding carboxylic acids is 1. The Kier molecular flexibility index (Phi) is 4.55. The molecule has 0 atom stereocenters. The van der Waals surface area contributed by atoms with Gasteiger partial charge in [-0.3, -0.25) is 0 Å². The molecule has 2 N–H and O–H groups in total. The number of rotatable bonds is 3. The maximum absolute atomic E-state index is 13.3. The van der Waals surface area contributed by atoms with Crippen molar-refractivity contribution in [3.8, 4) is 6.07 Å². The topological polar surface area (TPSA) is 76.1 Å². The van der Waals surface area contributed by atoms with Gasteiger partial charge in [0.15, 0.2) is 0 Å². The highest BCUT2D eigenvalue weighted by Crippen LogP contribution is 2.18. The molecule has 2 rings (SSSR count). The zero-order valence-corrected chi connectivity index (χ0v) is 12.4. The fraction of sp³-hybridized carbons (Fsp3) is 0.0667. The number of nitrogens with two attached hydrogens (primary N) is 1. The van der Waals surface area contributed by atoms with E-state index in [9.17, 15) is 9.18 Å². The van der Waals surface area contributed by atoms with Crippen molar-refractivity contribution in [1.29, 1.82) is 5.26 Å². The third-order valence-electron chi connectivity index (χ3n) is 2.61. The number of carbonyl (C=O) groups is 1. The Bertz CT molecular complexity index is 721. The number of ether oxygens (including phenoxy) is 1. The van der Waals surface area contributed by atoms with Crippen molar-refractivity contribution in [2.45, 2.75) is 6.61 Å². The second-order valence-corrected chi connectivity index (χ2v) is 5.23. The molecule has 0 saturated heterocycles. The number of esters is 1. The minimum absolute atomic E-state index is 0.127. The summed E-state index contributed by atoms with van der Waals surface area (Å²) < 4.78 is 19.0. The first-order valence-corrected chi connectivity index (χ1v) is 6.70. The highest BCUT2D eigenvalue weighted by atomic mass is 79.9. The highest BCUT2D eigenvalue weighted by molar-refractivity contribution is 9.10. The third kappa shape index (κ3) is 4.04. The largest absolute Gasteiger partial charge is 0.457 e. The van der Waals surface area contributed by atoms with Crippen molar-refractivity contribution in [3.05, 3.63) is 63.4 Å². The van der Waals surface area contributed by atoms with E-state index in [2.05, 4.69) is 15.9 Å². The van der Waals surface area contributed by atoms with E-state index in [4.69, 9.17) is 15.7 Å². The number of nitriles is 1. The maximum Gasteiger partial charge on any atom is 0.338 e. The van der Waals surface area contributed by atoms with Gasteiger partial charge < -0.3 is 10.5 Å². The molecule has 0 aliphatic heterocycles. The average Bonchev–Trinajstić information content (AvgIpc) is 2.43. The van der Waals surface area contributed by atoms with Crippen molar-refractivity contribution in [1.82, 2.24) is 0 Å². The predicted molar refractivity (Wildman–Crippen MR) is 78.8 cm³/mol. The predicted octanol–water partition coefficient (Wildman–Crippen LogP) is 3.40. The molecule has 0 unspecified atom stereocenters. The van der Waals surface area contributed by atoms with Crippen molar-refractivity contribution in [2.24, 2.45) is 0 Å². The number of benzene rings is 2. The van der Waals surface area contributed by atoms with Gasteiger partial charge in [-0.15, -0.1) is 0 Å². The van der Waals surface area contributed by atoms with Crippen LogP contribution in [0.15, 0.2) is 40.9 Å². The van der Waals surface area contributed by atoms with Crippen LogP contribution in [0.4, 0.5) is 10.1 Å². The fourth-order valence-corrected chi connectivity index (χ4v) is 2.27. The van der Waals surface area contributed by atoms with Gasteiger partial charge in [0.1, 0.15) is 12.4 Å². The standard InChI is InChI=1S/C15H10BrFN2O2/c16-12-4-11(5-14(19)6-12)15(20)21-8-10-1-9(7-18)2-13(17)3-10/h1-6H,8,19H2. The van der Waals surface area contributed by atoms with Gasteiger partial charge in [0.25, 0.3) is 0 Å². The van der Waals surface area contributed by atoms with Gasteiger partial charge in [-0.2, -0.15) is 5.26 Å². The van der Waals surface area contributed by atoms with Crippen LogP contribution in [0.5, 0.6) is 0 Å². The zero-order chi connectivity index (χ0) is 15.4. The molecule has 4 nitrogen and oxygen atoms in total. The summed E-state index contributed by atoms with van der Waals surface area (Å²) in [7, 11) is 0. The molecular weight excluding hydrogens is 339 g/mol. The van der Waals surface area contributed by atoms with Crippen molar-refractivity contribution in [3.63, 3.8) is 0 Å². The van der Waals surface area contributed by atoms with Crippen LogP contribution in [0, 0.1) is 17.1 Å². The van der Waals surface area contributed by atoms with Crippen molar-refractivity contribution < 1.29 is 13.9 Å². The first-order chi connectivity index (χ1) is 9.97. The van der Waals surface area contributed by atoms with Gasteiger partial charge in [0.05, 0.1) is 17.2 Å². The zero-order valence-electron chi connectivity index (χ0n) is 10.8. The van der Waals surface area contributed by atoms with Gasteiger partial charge in [-0.05, 0) is 42.0 Å². The summed E-state index contributed by atoms with van der Waals surface area (Å²) in [5.74, 6) is -1.13. The number of nitrogen functional groups attached to an aromatic ring is 1. The van der Waals surface area contributed by atoms with Gasteiger partial charge in [0, 0.05) is 10.2 Å². The normalized spacial score (nSPS) is 9.95. The van der Waals surface area contributed by atoms with Crippen LogP contribution >= 0.6 is 15.9 Å². The summed E-state index contributed by atoms with van der Waals surface area (Å²) in [6.45, 7) is -0.127. The first kappa shape index (κ1) is 15.0. The second-order valence-electron chi connectivity index (χ2n) is 4.31. The average molecular weight is 349 g/mol. The fourth-order valence-electron chi connectivity index (χ4n) is 1.76. The summed E-state index contributed by atoms with van der Waals surface area (Å²) >= 11 is 3.23. The second kappa shape index (κ2) is 6.37. The Balaban J connectivity index is 2.11. The number of anilines is 1. The van der Waals surface area contributed by atoms with E-state index in [0.717, 1.165) is 6.07 Å². The molecule has 6 heteroatoms. The highest BCUT2D eigenvalue weighted by Gasteiger charge is 2.10. The molecule has 0 spiro atoms. The summed E-state index contributed by atoms with van der Waals surface area (Å²) in [5, 5.41) is 8.76. The molecule has 0 saturated carbocycles. The van der Waals surface area contributed by atoms with Gasteiger partial charge in [-0.25, -0.2) is 9.18 Å². The number of hydrogen-bond donors (Lipinski definition) is 1. The lowest BCUT2D eigenvalue weighted by Crippen LogP contribution is -2.06. The summed E-state index contributed by atoms with van der Waals surface area (Å²) in [5.41, 5.74) is 6.93. The van der Waals surface area contributed by atoms with E-state index in [1.807, 2.05) is 6.07 Å². The lowest BCUT2D eigenvalue weighted by molar-refractivity contribution is 0.0472. The first-order valence-electron chi connectivity index (χ1n) is 5.90. The lowest BCUT2D eigenvalue weighted by atomic mass is 10.1. The third-order valence-corrected chi connectivity index (χ3v) is 3.07. The van der Waals surface area contributed by atoms with E-state index in [-0.39, 0.29) is 12.2 Å². The van der Waals surface area contributed by atoms with Crippen LogP contribution < -0.4 is 5.73 Å². The molecule has 0 aliphatic rings. The summed E-state index contributed by atoms with van der Waals surface area (Å²) in [6, 6.07) is 10.3. The Morgan fingerprint density at radius 2 is 2.05 bits per heavy atom. The molecule has 0 radical (unpaired) electrons. The Labute approximate surface area is 129 Å². The van der Waals surface area contributed by atoms with Crippen LogP contribution in [-0.4, -0.2) is 5.97 Å². The Hall–Kier alpha value is -2.39. The molecule has 0 aliphatic carbocycles. The van der Waals surface area contributed by atoms with Crippen molar-refractivity contribution in [2.75, 3.05) is 5.73 Å². The molecule has 0 amide bonds. The summed E-state index contributed by atoms with van der Waals surface area (Å²) in [6.07, 6.45) is 0. The Morgan fingerprint density at radius 3 is 2.71 bits per heavy atom. The quantitative estimate of drug-likeness (QED) is 0.681. The molecule has 2 aromatic carbocycles. The smallest absolute Gasteiger partial charge is 0.338 e. The SMILES string of the molecule is N#Cc1cc(F)cc(COC(=O)c2cc(N)cc(Br)c2)c1. The molecule has 0 heterocycles. The van der Waals surface area contributed by atoms with E-state index in [1.54, 1.807) is 12.1 Å². The molecule has 21 heavy (non-hydrogen) atoms.